The second-order valence-electron chi connectivity index (χ2n) is 6.42. The van der Waals surface area contributed by atoms with Gasteiger partial charge in [0.15, 0.2) is 0 Å². The van der Waals surface area contributed by atoms with Gasteiger partial charge in [-0.15, -0.1) is 0 Å². The van der Waals surface area contributed by atoms with Gasteiger partial charge < -0.3 is 5.32 Å². The highest BCUT2D eigenvalue weighted by atomic mass is 35.5. The van der Waals surface area contributed by atoms with E-state index in [4.69, 9.17) is 11.6 Å². The molecule has 0 amide bonds. The summed E-state index contributed by atoms with van der Waals surface area (Å²) in [5.41, 5.74) is 1.25. The topological polar surface area (TPSA) is 15.3 Å². The van der Waals surface area contributed by atoms with Crippen LogP contribution < -0.4 is 5.32 Å². The Morgan fingerprint density at radius 3 is 2.95 bits per heavy atom. The van der Waals surface area contributed by atoms with Crippen molar-refractivity contribution in [2.75, 3.05) is 19.6 Å². The molecule has 110 valence electrons. The maximum absolute atomic E-state index is 13.1. The van der Waals surface area contributed by atoms with Crippen molar-refractivity contribution in [2.45, 2.75) is 38.3 Å². The van der Waals surface area contributed by atoms with Crippen molar-refractivity contribution in [3.8, 4) is 0 Å². The Kier molecular flexibility index (Phi) is 4.02. The Balaban J connectivity index is 1.72. The van der Waals surface area contributed by atoms with Crippen molar-refractivity contribution >= 4 is 11.6 Å². The lowest BCUT2D eigenvalue weighted by atomic mass is 9.95. The number of rotatable bonds is 3. The number of hydrogen-bond donors (Lipinski definition) is 1. The van der Waals surface area contributed by atoms with Gasteiger partial charge in [0, 0.05) is 23.7 Å². The van der Waals surface area contributed by atoms with Gasteiger partial charge in [0.05, 0.1) is 0 Å². The van der Waals surface area contributed by atoms with Gasteiger partial charge in [-0.1, -0.05) is 17.7 Å². The number of benzene rings is 1. The molecule has 1 atom stereocenters. The van der Waals surface area contributed by atoms with Gasteiger partial charge >= 0.3 is 0 Å². The van der Waals surface area contributed by atoms with E-state index in [-0.39, 0.29) is 11.4 Å². The first-order valence-electron chi connectivity index (χ1n) is 7.48. The molecule has 4 heteroatoms. The first-order valence-corrected chi connectivity index (χ1v) is 7.86. The van der Waals surface area contributed by atoms with E-state index in [1.165, 1.54) is 25.0 Å². The fourth-order valence-electron chi connectivity index (χ4n) is 3.30. The van der Waals surface area contributed by atoms with E-state index in [0.717, 1.165) is 44.1 Å². The molecule has 1 aromatic rings. The van der Waals surface area contributed by atoms with Crippen LogP contribution in [-0.2, 0) is 6.54 Å². The molecule has 1 aliphatic heterocycles. The SMILES string of the molecule is CC1(C2CC2)CN(Cc2ccc(F)cc2Cl)CCCN1. The van der Waals surface area contributed by atoms with Crippen molar-refractivity contribution in [1.82, 2.24) is 10.2 Å². The molecule has 0 bridgehead atoms. The highest BCUT2D eigenvalue weighted by molar-refractivity contribution is 6.31. The van der Waals surface area contributed by atoms with Crippen molar-refractivity contribution in [2.24, 2.45) is 5.92 Å². The first-order chi connectivity index (χ1) is 9.57. The van der Waals surface area contributed by atoms with E-state index < -0.39 is 0 Å². The summed E-state index contributed by atoms with van der Waals surface area (Å²) in [6.45, 7) is 6.35. The average molecular weight is 297 g/mol. The van der Waals surface area contributed by atoms with Crippen LogP contribution in [0.4, 0.5) is 4.39 Å². The Morgan fingerprint density at radius 2 is 2.25 bits per heavy atom. The molecule has 2 fully saturated rings. The molecule has 1 saturated carbocycles. The van der Waals surface area contributed by atoms with Crippen molar-refractivity contribution in [3.63, 3.8) is 0 Å². The van der Waals surface area contributed by atoms with Crippen LogP contribution in [0.25, 0.3) is 0 Å². The minimum absolute atomic E-state index is 0.225. The summed E-state index contributed by atoms with van der Waals surface area (Å²) in [6, 6.07) is 4.72. The first kappa shape index (κ1) is 14.3. The zero-order valence-electron chi connectivity index (χ0n) is 12.0. The molecule has 1 unspecified atom stereocenters. The van der Waals surface area contributed by atoms with E-state index in [1.807, 2.05) is 6.07 Å². The monoisotopic (exact) mass is 296 g/mol. The summed E-state index contributed by atoms with van der Waals surface area (Å²) in [4.78, 5) is 2.46. The van der Waals surface area contributed by atoms with E-state index >= 15 is 0 Å². The number of hydrogen-bond acceptors (Lipinski definition) is 2. The molecule has 1 aliphatic carbocycles. The van der Waals surface area contributed by atoms with Crippen molar-refractivity contribution in [1.29, 1.82) is 0 Å². The third kappa shape index (κ3) is 3.16. The van der Waals surface area contributed by atoms with Gasteiger partial charge in [0.2, 0.25) is 0 Å². The van der Waals surface area contributed by atoms with E-state index in [2.05, 4.69) is 17.1 Å². The molecule has 0 radical (unpaired) electrons. The Hall–Kier alpha value is -0.640. The maximum atomic E-state index is 13.1. The molecule has 1 N–H and O–H groups in total. The Bertz CT molecular complexity index is 489. The quantitative estimate of drug-likeness (QED) is 0.919. The summed E-state index contributed by atoms with van der Waals surface area (Å²) in [5.74, 6) is 0.547. The minimum atomic E-state index is -0.265. The summed E-state index contributed by atoms with van der Waals surface area (Å²) >= 11 is 6.15. The van der Waals surface area contributed by atoms with Crippen molar-refractivity contribution < 1.29 is 4.39 Å². The van der Waals surface area contributed by atoms with Crippen LogP contribution in [-0.4, -0.2) is 30.1 Å². The second-order valence-corrected chi connectivity index (χ2v) is 6.83. The number of nitrogens with zero attached hydrogens (tertiary/aromatic N) is 1. The lowest BCUT2D eigenvalue weighted by molar-refractivity contribution is 0.195. The summed E-state index contributed by atoms with van der Waals surface area (Å²) in [5, 5.41) is 4.26. The Labute approximate surface area is 125 Å². The van der Waals surface area contributed by atoms with Gasteiger partial charge in [-0.25, -0.2) is 4.39 Å². The van der Waals surface area contributed by atoms with Gasteiger partial charge in [0.1, 0.15) is 5.82 Å². The zero-order chi connectivity index (χ0) is 14.2. The van der Waals surface area contributed by atoms with Gasteiger partial charge in [0.25, 0.3) is 0 Å². The molecule has 2 nitrogen and oxygen atoms in total. The molecule has 20 heavy (non-hydrogen) atoms. The molecule has 1 heterocycles. The van der Waals surface area contributed by atoms with Crippen LogP contribution in [0.1, 0.15) is 31.7 Å². The fourth-order valence-corrected chi connectivity index (χ4v) is 3.52. The third-order valence-electron chi connectivity index (χ3n) is 4.62. The lowest BCUT2D eigenvalue weighted by Crippen LogP contribution is -2.50. The predicted molar refractivity (Wildman–Crippen MR) is 80.4 cm³/mol. The van der Waals surface area contributed by atoms with Crippen LogP contribution in [0.15, 0.2) is 18.2 Å². The minimum Gasteiger partial charge on any atom is -0.310 e. The summed E-state index contributed by atoms with van der Waals surface area (Å²) in [6.07, 6.45) is 3.84. The highest BCUT2D eigenvalue weighted by Gasteiger charge is 2.42. The standard InChI is InChI=1S/C16H22ClFN2/c1-16(13-4-5-13)11-20(8-2-7-19-16)10-12-3-6-14(18)9-15(12)17/h3,6,9,13,19H,2,4-5,7-8,10-11H2,1H3. The molecule has 1 aromatic carbocycles. The fraction of sp³-hybridized carbons (Fsp3) is 0.625. The summed E-state index contributed by atoms with van der Waals surface area (Å²) < 4.78 is 13.1. The van der Waals surface area contributed by atoms with Crippen LogP contribution in [0.3, 0.4) is 0 Å². The molecule has 3 rings (SSSR count). The Morgan fingerprint density at radius 1 is 1.45 bits per heavy atom. The molecular weight excluding hydrogens is 275 g/mol. The van der Waals surface area contributed by atoms with Crippen molar-refractivity contribution in [3.05, 3.63) is 34.6 Å². The van der Waals surface area contributed by atoms with Gasteiger partial charge in [-0.05, 0) is 62.9 Å². The highest BCUT2D eigenvalue weighted by Crippen LogP contribution is 2.40. The number of halogens is 2. The van der Waals surface area contributed by atoms with Gasteiger partial charge in [-0.3, -0.25) is 4.90 Å². The molecule has 0 spiro atoms. The normalized spacial score (nSPS) is 28.4. The second kappa shape index (κ2) is 5.63. The average Bonchev–Trinajstić information content (AvgIpc) is 3.21. The van der Waals surface area contributed by atoms with E-state index in [1.54, 1.807) is 0 Å². The summed E-state index contributed by atoms with van der Waals surface area (Å²) in [7, 11) is 0. The molecule has 2 aliphatic rings. The molecule has 1 saturated heterocycles. The van der Waals surface area contributed by atoms with Gasteiger partial charge in [-0.2, -0.15) is 0 Å². The van der Waals surface area contributed by atoms with Crippen LogP contribution in [0, 0.1) is 11.7 Å². The predicted octanol–water partition coefficient (Wildman–Crippen LogP) is 3.44. The van der Waals surface area contributed by atoms with Crippen LogP contribution in [0.2, 0.25) is 5.02 Å². The van der Waals surface area contributed by atoms with E-state index in [0.29, 0.717) is 5.02 Å². The van der Waals surface area contributed by atoms with Crippen LogP contribution >= 0.6 is 11.6 Å². The maximum Gasteiger partial charge on any atom is 0.124 e. The molecule has 0 aromatic heterocycles. The zero-order valence-corrected chi connectivity index (χ0v) is 12.7. The lowest BCUT2D eigenvalue weighted by Gasteiger charge is -2.34. The number of nitrogens with one attached hydrogen (secondary N) is 1. The van der Waals surface area contributed by atoms with E-state index in [9.17, 15) is 4.39 Å². The molecular formula is C16H22ClFN2. The largest absolute Gasteiger partial charge is 0.310 e. The smallest absolute Gasteiger partial charge is 0.124 e. The third-order valence-corrected chi connectivity index (χ3v) is 4.97. The van der Waals surface area contributed by atoms with Crippen LogP contribution in [0.5, 0.6) is 0 Å².